The molecule has 5 aromatic rings. The standard InChI is InChI=1S/C28H20O2/c1-17-13-14-18(2)24-23(17)27(29)25-21(19-9-5-3-6-10-19)15-16-22(26(25)28(24)30)20-11-7-4-8-12-20/h3-16,29-30H,1-2H2. The molecule has 0 aromatic heterocycles. The van der Waals surface area contributed by atoms with E-state index in [2.05, 4.69) is 13.2 Å². The number of phenols is 2. The van der Waals surface area contributed by atoms with Gasteiger partial charge in [-0.2, -0.15) is 0 Å². The minimum atomic E-state index is 0.116. The van der Waals surface area contributed by atoms with Crippen LogP contribution in [-0.4, -0.2) is 10.2 Å². The Labute approximate surface area is 174 Å². The van der Waals surface area contributed by atoms with Crippen LogP contribution >= 0.6 is 0 Å². The maximum atomic E-state index is 11.5. The van der Waals surface area contributed by atoms with E-state index < -0.39 is 0 Å². The predicted octanol–water partition coefficient (Wildman–Crippen LogP) is 5.56. The third-order valence-corrected chi connectivity index (χ3v) is 5.70. The normalized spacial score (nSPS) is 11.2. The molecule has 0 radical (unpaired) electrons. The van der Waals surface area contributed by atoms with Crippen molar-refractivity contribution in [3.05, 3.63) is 95.4 Å². The minimum Gasteiger partial charge on any atom is -0.507 e. The Morgan fingerprint density at radius 1 is 0.433 bits per heavy atom. The Hall–Kier alpha value is -4.04. The molecule has 0 aliphatic carbocycles. The highest BCUT2D eigenvalue weighted by atomic mass is 16.3. The fourth-order valence-electron chi connectivity index (χ4n) is 4.29. The van der Waals surface area contributed by atoms with Gasteiger partial charge in [-0.25, -0.2) is 0 Å². The summed E-state index contributed by atoms with van der Waals surface area (Å²) in [6, 6.07) is 27.4. The first-order chi connectivity index (χ1) is 14.6. The average molecular weight is 388 g/mol. The van der Waals surface area contributed by atoms with Crippen LogP contribution in [0.25, 0.3) is 57.0 Å². The smallest absolute Gasteiger partial charge is 0.132 e. The van der Waals surface area contributed by atoms with Gasteiger partial charge in [0.05, 0.1) is 0 Å². The van der Waals surface area contributed by atoms with Gasteiger partial charge in [-0.3, -0.25) is 0 Å². The van der Waals surface area contributed by atoms with Crippen LogP contribution in [0.1, 0.15) is 0 Å². The first-order valence-electron chi connectivity index (χ1n) is 9.80. The summed E-state index contributed by atoms with van der Waals surface area (Å²) in [5, 5.41) is 26.5. The number of rotatable bonds is 2. The number of phenolic OH excluding ortho intramolecular Hbond substituents is 2. The molecule has 5 rings (SSSR count). The molecular formula is C28H20O2. The maximum absolute atomic E-state index is 11.5. The molecular weight excluding hydrogens is 368 g/mol. The van der Waals surface area contributed by atoms with E-state index in [0.29, 0.717) is 32.0 Å². The lowest BCUT2D eigenvalue weighted by Gasteiger charge is -2.17. The average Bonchev–Trinajstić information content (AvgIpc) is 2.79. The molecule has 0 amide bonds. The Morgan fingerprint density at radius 3 is 1.17 bits per heavy atom. The van der Waals surface area contributed by atoms with E-state index in [0.717, 1.165) is 22.3 Å². The lowest BCUT2D eigenvalue weighted by Crippen LogP contribution is -2.09. The van der Waals surface area contributed by atoms with Crippen molar-refractivity contribution in [1.29, 1.82) is 0 Å². The fourth-order valence-corrected chi connectivity index (χ4v) is 4.29. The summed E-state index contributed by atoms with van der Waals surface area (Å²) in [6.07, 6.45) is 0. The summed E-state index contributed by atoms with van der Waals surface area (Å²) in [4.78, 5) is 0. The molecule has 0 saturated heterocycles. The Balaban J connectivity index is 2.08. The molecule has 30 heavy (non-hydrogen) atoms. The molecule has 0 aliphatic rings. The summed E-state index contributed by atoms with van der Waals surface area (Å²) in [5.74, 6) is 0.231. The summed E-state index contributed by atoms with van der Waals surface area (Å²) < 4.78 is 0. The molecule has 2 N–H and O–H groups in total. The third kappa shape index (κ3) is 2.58. The fraction of sp³-hybridized carbons (Fsp3) is 0. The lowest BCUT2D eigenvalue weighted by atomic mass is 9.88. The summed E-state index contributed by atoms with van der Waals surface area (Å²) in [5.41, 5.74) is 3.64. The van der Waals surface area contributed by atoms with Crippen molar-refractivity contribution in [3.8, 4) is 33.8 Å². The quantitative estimate of drug-likeness (QED) is 0.307. The molecule has 0 fully saturated rings. The Kier molecular flexibility index (Phi) is 4.07. The van der Waals surface area contributed by atoms with Crippen molar-refractivity contribution in [3.63, 3.8) is 0 Å². The first kappa shape index (κ1) is 18.0. The van der Waals surface area contributed by atoms with E-state index in [1.54, 1.807) is 0 Å². The van der Waals surface area contributed by atoms with E-state index in [1.807, 2.05) is 84.9 Å². The van der Waals surface area contributed by atoms with Gasteiger partial charge in [0.15, 0.2) is 0 Å². The second-order valence-electron chi connectivity index (χ2n) is 7.47. The van der Waals surface area contributed by atoms with Gasteiger partial charge in [0.25, 0.3) is 0 Å². The third-order valence-electron chi connectivity index (χ3n) is 5.70. The second kappa shape index (κ2) is 6.78. The van der Waals surface area contributed by atoms with Gasteiger partial charge in [0.2, 0.25) is 0 Å². The van der Waals surface area contributed by atoms with Crippen molar-refractivity contribution in [1.82, 2.24) is 0 Å². The zero-order valence-corrected chi connectivity index (χ0v) is 16.4. The van der Waals surface area contributed by atoms with Gasteiger partial charge in [-0.1, -0.05) is 98.1 Å². The van der Waals surface area contributed by atoms with Crippen LogP contribution in [0.2, 0.25) is 0 Å². The van der Waals surface area contributed by atoms with E-state index in [4.69, 9.17) is 0 Å². The zero-order chi connectivity index (χ0) is 20.8. The molecule has 0 atom stereocenters. The molecule has 2 nitrogen and oxygen atoms in total. The van der Waals surface area contributed by atoms with E-state index >= 15 is 0 Å². The van der Waals surface area contributed by atoms with Crippen molar-refractivity contribution >= 4 is 34.7 Å². The first-order valence-corrected chi connectivity index (χ1v) is 9.80. The lowest BCUT2D eigenvalue weighted by molar-refractivity contribution is 0.478. The predicted molar refractivity (Wildman–Crippen MR) is 126 cm³/mol. The van der Waals surface area contributed by atoms with E-state index in [-0.39, 0.29) is 11.5 Å². The molecule has 0 aliphatic heterocycles. The molecule has 5 aromatic carbocycles. The Morgan fingerprint density at radius 2 is 0.800 bits per heavy atom. The molecule has 0 spiro atoms. The maximum Gasteiger partial charge on any atom is 0.132 e. The summed E-state index contributed by atoms with van der Waals surface area (Å²) in [6.45, 7) is 8.17. The van der Waals surface area contributed by atoms with Gasteiger partial charge < -0.3 is 10.2 Å². The monoisotopic (exact) mass is 388 g/mol. The number of benzene rings is 5. The van der Waals surface area contributed by atoms with E-state index in [1.165, 1.54) is 0 Å². The summed E-state index contributed by atoms with van der Waals surface area (Å²) >= 11 is 0. The van der Waals surface area contributed by atoms with E-state index in [9.17, 15) is 10.2 Å². The van der Waals surface area contributed by atoms with Gasteiger partial charge >= 0.3 is 0 Å². The number of fused-ring (bicyclic) bond motifs is 2. The highest BCUT2D eigenvalue weighted by Gasteiger charge is 2.21. The molecule has 0 heterocycles. The highest BCUT2D eigenvalue weighted by molar-refractivity contribution is 6.19. The van der Waals surface area contributed by atoms with Crippen LogP contribution in [0.4, 0.5) is 0 Å². The minimum absolute atomic E-state index is 0.116. The molecule has 0 bridgehead atoms. The van der Waals surface area contributed by atoms with Gasteiger partial charge in [-0.15, -0.1) is 0 Å². The number of hydrogen-bond acceptors (Lipinski definition) is 2. The van der Waals surface area contributed by atoms with Crippen LogP contribution in [0, 0.1) is 0 Å². The second-order valence-corrected chi connectivity index (χ2v) is 7.47. The largest absolute Gasteiger partial charge is 0.507 e. The van der Waals surface area contributed by atoms with Crippen LogP contribution in [0.5, 0.6) is 11.5 Å². The van der Waals surface area contributed by atoms with Crippen LogP contribution in [0.3, 0.4) is 0 Å². The summed E-state index contributed by atoms with van der Waals surface area (Å²) in [7, 11) is 0. The number of hydrogen-bond donors (Lipinski definition) is 2. The van der Waals surface area contributed by atoms with Gasteiger partial charge in [0.1, 0.15) is 11.5 Å². The van der Waals surface area contributed by atoms with Crippen molar-refractivity contribution < 1.29 is 10.2 Å². The molecule has 0 unspecified atom stereocenters. The zero-order valence-electron chi connectivity index (χ0n) is 16.4. The number of aromatic hydroxyl groups is 2. The molecule has 144 valence electrons. The van der Waals surface area contributed by atoms with Crippen LogP contribution in [0.15, 0.2) is 84.9 Å². The van der Waals surface area contributed by atoms with Gasteiger partial charge in [-0.05, 0) is 32.7 Å². The van der Waals surface area contributed by atoms with Gasteiger partial charge in [0, 0.05) is 21.5 Å². The van der Waals surface area contributed by atoms with Crippen LogP contribution < -0.4 is 10.4 Å². The van der Waals surface area contributed by atoms with Crippen molar-refractivity contribution in [2.45, 2.75) is 0 Å². The highest BCUT2D eigenvalue weighted by Crippen LogP contribution is 2.47. The van der Waals surface area contributed by atoms with Crippen LogP contribution in [-0.2, 0) is 0 Å². The van der Waals surface area contributed by atoms with Crippen molar-refractivity contribution in [2.24, 2.45) is 0 Å². The van der Waals surface area contributed by atoms with Crippen molar-refractivity contribution in [2.75, 3.05) is 0 Å². The molecule has 2 heteroatoms. The topological polar surface area (TPSA) is 40.5 Å². The Bertz CT molecular complexity index is 1400. The molecule has 0 saturated carbocycles. The SMILES string of the molecule is C=c1ccc(=C)c2c(O)c3c(-c4ccccc4)ccc(-c4ccccc4)c3c(O)c12.